The number of halogens is 1. The number of carbonyl (C=O) groups is 1. The molecule has 0 N–H and O–H groups in total. The number of esters is 1. The van der Waals surface area contributed by atoms with E-state index in [1.807, 2.05) is 61.5 Å². The van der Waals surface area contributed by atoms with Crippen molar-refractivity contribution in [2.75, 3.05) is 11.5 Å². The second-order valence-electron chi connectivity index (χ2n) is 4.94. The van der Waals surface area contributed by atoms with Crippen molar-refractivity contribution in [1.82, 2.24) is 0 Å². The summed E-state index contributed by atoms with van der Waals surface area (Å²) in [6.07, 6.45) is 0. The second kappa shape index (κ2) is 5.78. The summed E-state index contributed by atoms with van der Waals surface area (Å²) in [6, 6.07) is 17.3. The van der Waals surface area contributed by atoms with Gasteiger partial charge in [0.25, 0.3) is 0 Å². The van der Waals surface area contributed by atoms with Crippen molar-refractivity contribution < 1.29 is 9.53 Å². The molecule has 1 heterocycles. The highest BCUT2D eigenvalue weighted by atomic mass is 35.5. The highest BCUT2D eigenvalue weighted by Crippen LogP contribution is 2.47. The van der Waals surface area contributed by atoms with Gasteiger partial charge in [0.05, 0.1) is 12.6 Å². The van der Waals surface area contributed by atoms with Crippen LogP contribution in [0.1, 0.15) is 18.5 Å². The van der Waals surface area contributed by atoms with E-state index in [0.717, 1.165) is 11.3 Å². The van der Waals surface area contributed by atoms with E-state index in [0.29, 0.717) is 11.6 Å². The van der Waals surface area contributed by atoms with Crippen LogP contribution in [0.3, 0.4) is 0 Å². The molecule has 1 saturated heterocycles. The van der Waals surface area contributed by atoms with Gasteiger partial charge in [-0.05, 0) is 36.8 Å². The Morgan fingerprint density at radius 1 is 1.14 bits per heavy atom. The third kappa shape index (κ3) is 2.74. The maximum atomic E-state index is 12.1. The number of hydrogen-bond acceptors (Lipinski definition) is 3. The van der Waals surface area contributed by atoms with E-state index >= 15 is 0 Å². The van der Waals surface area contributed by atoms with Crippen LogP contribution in [0, 0.1) is 0 Å². The molecule has 2 atom stereocenters. The Morgan fingerprint density at radius 2 is 1.81 bits per heavy atom. The van der Waals surface area contributed by atoms with Gasteiger partial charge in [-0.25, -0.2) is 4.79 Å². The molecule has 4 heteroatoms. The lowest BCUT2D eigenvalue weighted by molar-refractivity contribution is -0.142. The smallest absolute Gasteiger partial charge is 0.331 e. The molecule has 108 valence electrons. The van der Waals surface area contributed by atoms with Crippen molar-refractivity contribution in [3.8, 4) is 0 Å². The molecular weight excluding hydrogens is 286 g/mol. The van der Waals surface area contributed by atoms with Crippen molar-refractivity contribution in [1.29, 1.82) is 0 Å². The Bertz CT molecular complexity index is 627. The molecule has 0 aliphatic carbocycles. The van der Waals surface area contributed by atoms with E-state index in [1.165, 1.54) is 0 Å². The van der Waals surface area contributed by atoms with E-state index < -0.39 is 0 Å². The summed E-state index contributed by atoms with van der Waals surface area (Å²) >= 11 is 5.93. The summed E-state index contributed by atoms with van der Waals surface area (Å²) in [5.41, 5.74) is 2.09. The fourth-order valence-electron chi connectivity index (χ4n) is 2.63. The van der Waals surface area contributed by atoms with Crippen molar-refractivity contribution in [2.45, 2.75) is 19.0 Å². The van der Waals surface area contributed by atoms with E-state index in [4.69, 9.17) is 16.3 Å². The van der Waals surface area contributed by atoms with Crippen molar-refractivity contribution in [3.63, 3.8) is 0 Å². The number of ether oxygens (including phenoxy) is 1. The van der Waals surface area contributed by atoms with Crippen LogP contribution in [0.4, 0.5) is 5.69 Å². The Morgan fingerprint density at radius 3 is 2.43 bits per heavy atom. The first kappa shape index (κ1) is 14.0. The molecule has 3 rings (SSSR count). The van der Waals surface area contributed by atoms with Crippen LogP contribution in [-0.4, -0.2) is 18.6 Å². The van der Waals surface area contributed by atoms with Gasteiger partial charge in [-0.1, -0.05) is 41.9 Å². The molecule has 0 bridgehead atoms. The van der Waals surface area contributed by atoms with E-state index in [1.54, 1.807) is 0 Å². The maximum absolute atomic E-state index is 12.1. The lowest BCUT2D eigenvalue weighted by Crippen LogP contribution is -2.15. The van der Waals surface area contributed by atoms with Gasteiger partial charge < -0.3 is 9.64 Å². The molecule has 1 aliphatic rings. The molecule has 0 radical (unpaired) electrons. The van der Waals surface area contributed by atoms with Gasteiger partial charge in [-0.15, -0.1) is 0 Å². The topological polar surface area (TPSA) is 29.3 Å². The molecule has 0 spiro atoms. The Hall–Kier alpha value is -2.00. The standard InChI is InChI=1S/C17H16ClNO2/c1-2-21-17(20)16-15(12-8-10-13(18)11-9-12)19(16)14-6-4-3-5-7-14/h3-11,15-16H,2H2,1H3/t15-,16+,19?/m1/s1. The lowest BCUT2D eigenvalue weighted by Gasteiger charge is -2.05. The highest BCUT2D eigenvalue weighted by molar-refractivity contribution is 6.30. The number of para-hydroxylation sites is 1. The molecule has 1 fully saturated rings. The third-order valence-electron chi connectivity index (χ3n) is 3.60. The highest BCUT2D eigenvalue weighted by Gasteiger charge is 2.54. The first-order chi connectivity index (χ1) is 10.2. The second-order valence-corrected chi connectivity index (χ2v) is 5.37. The largest absolute Gasteiger partial charge is 0.464 e. The minimum absolute atomic E-state index is 0.0173. The van der Waals surface area contributed by atoms with Crippen LogP contribution in [0.25, 0.3) is 0 Å². The molecule has 2 aromatic rings. The molecule has 21 heavy (non-hydrogen) atoms. The zero-order valence-corrected chi connectivity index (χ0v) is 12.5. The van der Waals surface area contributed by atoms with Crippen molar-refractivity contribution in [3.05, 3.63) is 65.2 Å². The fourth-order valence-corrected chi connectivity index (χ4v) is 2.75. The lowest BCUT2D eigenvalue weighted by atomic mass is 10.1. The monoisotopic (exact) mass is 301 g/mol. The van der Waals surface area contributed by atoms with Crippen molar-refractivity contribution >= 4 is 23.3 Å². The van der Waals surface area contributed by atoms with Crippen LogP contribution in [-0.2, 0) is 9.53 Å². The fraction of sp³-hybridized carbons (Fsp3) is 0.235. The van der Waals surface area contributed by atoms with Gasteiger partial charge in [-0.3, -0.25) is 0 Å². The Labute approximate surface area is 129 Å². The summed E-state index contributed by atoms with van der Waals surface area (Å²) in [7, 11) is 0. The predicted molar refractivity (Wildman–Crippen MR) is 83.5 cm³/mol. The van der Waals surface area contributed by atoms with Gasteiger partial charge in [0.15, 0.2) is 6.04 Å². The summed E-state index contributed by atoms with van der Waals surface area (Å²) in [4.78, 5) is 14.2. The van der Waals surface area contributed by atoms with Crippen LogP contribution in [0.2, 0.25) is 5.02 Å². The van der Waals surface area contributed by atoms with Gasteiger partial charge in [0.2, 0.25) is 0 Å². The van der Waals surface area contributed by atoms with E-state index in [9.17, 15) is 4.79 Å². The van der Waals surface area contributed by atoms with Crippen LogP contribution < -0.4 is 4.90 Å². The molecule has 0 unspecified atom stereocenters. The van der Waals surface area contributed by atoms with Crippen LogP contribution in [0.15, 0.2) is 54.6 Å². The number of anilines is 1. The maximum Gasteiger partial charge on any atom is 0.331 e. The molecule has 3 nitrogen and oxygen atoms in total. The van der Waals surface area contributed by atoms with E-state index in [-0.39, 0.29) is 18.1 Å². The summed E-state index contributed by atoms with van der Waals surface area (Å²) in [5, 5.41) is 0.693. The first-order valence-corrected chi connectivity index (χ1v) is 7.35. The SMILES string of the molecule is CCOC(=O)[C@@H]1[C@@H](c2ccc(Cl)cc2)N1c1ccccc1. The zero-order valence-electron chi connectivity index (χ0n) is 11.7. The first-order valence-electron chi connectivity index (χ1n) is 6.98. The van der Waals surface area contributed by atoms with Gasteiger partial charge in [0.1, 0.15) is 0 Å². The van der Waals surface area contributed by atoms with E-state index in [2.05, 4.69) is 4.90 Å². The van der Waals surface area contributed by atoms with Gasteiger partial charge >= 0.3 is 5.97 Å². The number of hydrogen-bond donors (Lipinski definition) is 0. The number of benzene rings is 2. The minimum atomic E-state index is -0.256. The molecule has 0 amide bonds. The quantitative estimate of drug-likeness (QED) is 0.635. The molecule has 0 saturated carbocycles. The minimum Gasteiger partial charge on any atom is -0.464 e. The van der Waals surface area contributed by atoms with Crippen molar-refractivity contribution in [2.24, 2.45) is 0 Å². The normalized spacial score (nSPS) is 20.2. The van der Waals surface area contributed by atoms with Gasteiger partial charge in [0, 0.05) is 10.7 Å². The number of nitrogens with zero attached hydrogens (tertiary/aromatic N) is 1. The third-order valence-corrected chi connectivity index (χ3v) is 3.85. The average Bonchev–Trinajstić information content (AvgIpc) is 3.25. The number of carbonyl (C=O) groups excluding carboxylic acids is 1. The molecule has 0 aromatic heterocycles. The number of rotatable bonds is 4. The predicted octanol–water partition coefficient (Wildman–Crippen LogP) is 3.83. The van der Waals surface area contributed by atoms with Gasteiger partial charge in [-0.2, -0.15) is 0 Å². The Balaban J connectivity index is 1.89. The molecule has 2 aromatic carbocycles. The molecule has 1 aliphatic heterocycles. The van der Waals surface area contributed by atoms with Crippen LogP contribution in [0.5, 0.6) is 0 Å². The average molecular weight is 302 g/mol. The summed E-state index contributed by atoms with van der Waals surface area (Å²) in [6.45, 7) is 2.22. The summed E-state index contributed by atoms with van der Waals surface area (Å²) in [5.74, 6) is -0.179. The summed E-state index contributed by atoms with van der Waals surface area (Å²) < 4.78 is 5.19. The Kier molecular flexibility index (Phi) is 3.84. The molecular formula is C17H16ClNO2. The van der Waals surface area contributed by atoms with Crippen LogP contribution >= 0.6 is 11.6 Å². The zero-order chi connectivity index (χ0) is 14.8.